The van der Waals surface area contributed by atoms with Gasteiger partial charge in [0.15, 0.2) is 0 Å². The SMILES string of the molecule is COc1cccc(C(=O)N(CN2CCCC2=O)c2ccc(C)c(Cl)c2)c1. The molecule has 0 aromatic heterocycles. The Morgan fingerprint density at radius 2 is 2.08 bits per heavy atom. The quantitative estimate of drug-likeness (QED) is 0.800. The highest BCUT2D eigenvalue weighted by atomic mass is 35.5. The highest BCUT2D eigenvalue weighted by Gasteiger charge is 2.26. The first-order valence-corrected chi connectivity index (χ1v) is 8.87. The second-order valence-corrected chi connectivity index (χ2v) is 6.71. The van der Waals surface area contributed by atoms with E-state index in [1.807, 2.05) is 19.1 Å². The summed E-state index contributed by atoms with van der Waals surface area (Å²) in [6, 6.07) is 12.5. The van der Waals surface area contributed by atoms with Gasteiger partial charge in [0.1, 0.15) is 12.4 Å². The number of hydrogen-bond donors (Lipinski definition) is 0. The van der Waals surface area contributed by atoms with Gasteiger partial charge in [-0.3, -0.25) is 14.5 Å². The molecule has 1 fully saturated rings. The Labute approximate surface area is 158 Å². The number of carbonyl (C=O) groups excluding carboxylic acids is 2. The lowest BCUT2D eigenvalue weighted by Crippen LogP contribution is -2.42. The predicted molar refractivity (Wildman–Crippen MR) is 102 cm³/mol. The molecular formula is C20H21ClN2O3. The van der Waals surface area contributed by atoms with E-state index in [0.717, 1.165) is 12.0 Å². The molecule has 0 unspecified atom stereocenters. The normalized spacial score (nSPS) is 13.8. The molecule has 3 rings (SSSR count). The first kappa shape index (κ1) is 18.3. The zero-order chi connectivity index (χ0) is 18.7. The number of aryl methyl sites for hydroxylation is 1. The van der Waals surface area contributed by atoms with E-state index in [0.29, 0.717) is 35.0 Å². The van der Waals surface area contributed by atoms with Crippen molar-refractivity contribution in [3.8, 4) is 5.75 Å². The summed E-state index contributed by atoms with van der Waals surface area (Å²) in [4.78, 5) is 28.5. The third-order valence-corrected chi connectivity index (χ3v) is 4.92. The topological polar surface area (TPSA) is 49.9 Å². The van der Waals surface area contributed by atoms with Crippen LogP contribution in [-0.2, 0) is 4.79 Å². The van der Waals surface area contributed by atoms with E-state index in [-0.39, 0.29) is 18.5 Å². The van der Waals surface area contributed by atoms with Crippen LogP contribution in [-0.4, -0.2) is 37.0 Å². The van der Waals surface area contributed by atoms with Gasteiger partial charge in [-0.05, 0) is 49.2 Å². The van der Waals surface area contributed by atoms with Gasteiger partial charge in [-0.25, -0.2) is 0 Å². The Balaban J connectivity index is 1.96. The number of likely N-dealkylation sites (tertiary alicyclic amines) is 1. The van der Waals surface area contributed by atoms with Crippen molar-refractivity contribution in [3.05, 3.63) is 58.6 Å². The van der Waals surface area contributed by atoms with Crippen molar-refractivity contribution in [3.63, 3.8) is 0 Å². The Morgan fingerprint density at radius 1 is 1.27 bits per heavy atom. The molecule has 5 nitrogen and oxygen atoms in total. The number of anilines is 1. The summed E-state index contributed by atoms with van der Waals surface area (Å²) in [7, 11) is 1.56. The summed E-state index contributed by atoms with van der Waals surface area (Å²) in [6.45, 7) is 2.76. The van der Waals surface area contributed by atoms with Gasteiger partial charge >= 0.3 is 0 Å². The molecule has 0 radical (unpaired) electrons. The summed E-state index contributed by atoms with van der Waals surface area (Å²) in [5.41, 5.74) is 2.09. The summed E-state index contributed by atoms with van der Waals surface area (Å²) < 4.78 is 5.22. The zero-order valence-electron chi connectivity index (χ0n) is 14.9. The Kier molecular flexibility index (Phi) is 5.47. The van der Waals surface area contributed by atoms with Crippen LogP contribution >= 0.6 is 11.6 Å². The minimum absolute atomic E-state index is 0.0617. The van der Waals surface area contributed by atoms with Crippen LogP contribution in [0.3, 0.4) is 0 Å². The van der Waals surface area contributed by atoms with E-state index in [4.69, 9.17) is 16.3 Å². The van der Waals surface area contributed by atoms with E-state index in [1.165, 1.54) is 0 Å². The summed E-state index contributed by atoms with van der Waals surface area (Å²) in [5.74, 6) is 0.463. The summed E-state index contributed by atoms with van der Waals surface area (Å²) in [5, 5.41) is 0.582. The molecule has 1 saturated heterocycles. The summed E-state index contributed by atoms with van der Waals surface area (Å²) >= 11 is 6.26. The molecule has 0 saturated carbocycles. The van der Waals surface area contributed by atoms with E-state index < -0.39 is 0 Å². The molecule has 2 aromatic rings. The lowest BCUT2D eigenvalue weighted by atomic mass is 10.1. The minimum atomic E-state index is -0.205. The molecule has 26 heavy (non-hydrogen) atoms. The Morgan fingerprint density at radius 3 is 2.73 bits per heavy atom. The second-order valence-electron chi connectivity index (χ2n) is 6.30. The predicted octanol–water partition coefficient (Wildman–Crippen LogP) is 3.88. The van der Waals surface area contributed by atoms with Gasteiger partial charge in [-0.15, -0.1) is 0 Å². The van der Waals surface area contributed by atoms with E-state index in [1.54, 1.807) is 47.2 Å². The van der Waals surface area contributed by atoms with Crippen molar-refractivity contribution in [2.75, 3.05) is 25.2 Å². The number of benzene rings is 2. The van der Waals surface area contributed by atoms with Crippen molar-refractivity contribution in [2.45, 2.75) is 19.8 Å². The highest BCUT2D eigenvalue weighted by molar-refractivity contribution is 6.31. The van der Waals surface area contributed by atoms with Crippen LogP contribution < -0.4 is 9.64 Å². The van der Waals surface area contributed by atoms with Crippen molar-refractivity contribution < 1.29 is 14.3 Å². The molecule has 1 aliphatic rings. The third-order valence-electron chi connectivity index (χ3n) is 4.51. The molecule has 6 heteroatoms. The van der Waals surface area contributed by atoms with Gasteiger partial charge < -0.3 is 9.64 Å². The Hall–Kier alpha value is -2.53. The number of rotatable bonds is 5. The van der Waals surface area contributed by atoms with Crippen molar-refractivity contribution in [1.29, 1.82) is 0 Å². The van der Waals surface area contributed by atoms with E-state index in [2.05, 4.69) is 0 Å². The molecule has 0 bridgehead atoms. The van der Waals surface area contributed by atoms with Crippen LogP contribution in [0, 0.1) is 6.92 Å². The highest BCUT2D eigenvalue weighted by Crippen LogP contribution is 2.26. The van der Waals surface area contributed by atoms with Gasteiger partial charge in [0, 0.05) is 29.2 Å². The maximum atomic E-state index is 13.2. The number of ether oxygens (including phenoxy) is 1. The Bertz CT molecular complexity index is 838. The maximum absolute atomic E-state index is 13.2. The van der Waals surface area contributed by atoms with Crippen LogP contribution in [0.15, 0.2) is 42.5 Å². The smallest absolute Gasteiger partial charge is 0.259 e. The van der Waals surface area contributed by atoms with Crippen molar-refractivity contribution in [1.82, 2.24) is 4.90 Å². The van der Waals surface area contributed by atoms with Gasteiger partial charge in [0.2, 0.25) is 5.91 Å². The van der Waals surface area contributed by atoms with Crippen molar-refractivity contribution in [2.24, 2.45) is 0 Å². The number of methoxy groups -OCH3 is 1. The van der Waals surface area contributed by atoms with E-state index >= 15 is 0 Å². The van der Waals surface area contributed by atoms with E-state index in [9.17, 15) is 9.59 Å². The molecule has 2 amide bonds. The van der Waals surface area contributed by atoms with Crippen LogP contribution in [0.5, 0.6) is 5.75 Å². The molecule has 1 heterocycles. The lowest BCUT2D eigenvalue weighted by Gasteiger charge is -2.28. The maximum Gasteiger partial charge on any atom is 0.259 e. The number of halogens is 1. The first-order valence-electron chi connectivity index (χ1n) is 8.49. The van der Waals surface area contributed by atoms with Gasteiger partial charge in [-0.2, -0.15) is 0 Å². The average molecular weight is 373 g/mol. The number of carbonyl (C=O) groups is 2. The number of hydrogen-bond acceptors (Lipinski definition) is 3. The fraction of sp³-hybridized carbons (Fsp3) is 0.300. The molecular weight excluding hydrogens is 352 g/mol. The van der Waals surface area contributed by atoms with Crippen LogP contribution in [0.2, 0.25) is 5.02 Å². The molecule has 1 aliphatic heterocycles. The van der Waals surface area contributed by atoms with Gasteiger partial charge in [-0.1, -0.05) is 23.7 Å². The van der Waals surface area contributed by atoms with Gasteiger partial charge in [0.05, 0.1) is 7.11 Å². The molecule has 2 aromatic carbocycles. The standard InChI is InChI=1S/C20H21ClN2O3/c1-14-8-9-16(12-18(14)21)23(13-22-10-4-7-19(22)24)20(25)15-5-3-6-17(11-15)26-2/h3,5-6,8-9,11-12H,4,7,10,13H2,1-2H3. The molecule has 0 N–H and O–H groups in total. The number of nitrogens with zero attached hydrogens (tertiary/aromatic N) is 2. The minimum Gasteiger partial charge on any atom is -0.497 e. The monoisotopic (exact) mass is 372 g/mol. The zero-order valence-corrected chi connectivity index (χ0v) is 15.6. The van der Waals surface area contributed by atoms with Crippen LogP contribution in [0.1, 0.15) is 28.8 Å². The first-order chi connectivity index (χ1) is 12.5. The second kappa shape index (κ2) is 7.79. The molecule has 136 valence electrons. The van der Waals surface area contributed by atoms with Crippen molar-refractivity contribution >= 4 is 29.1 Å². The number of amides is 2. The molecule has 0 spiro atoms. The lowest BCUT2D eigenvalue weighted by molar-refractivity contribution is -0.127. The third kappa shape index (κ3) is 3.83. The van der Waals surface area contributed by atoms with Crippen LogP contribution in [0.25, 0.3) is 0 Å². The largest absolute Gasteiger partial charge is 0.497 e. The fourth-order valence-corrected chi connectivity index (χ4v) is 3.12. The van der Waals surface area contributed by atoms with Gasteiger partial charge in [0.25, 0.3) is 5.91 Å². The van der Waals surface area contributed by atoms with Crippen LogP contribution in [0.4, 0.5) is 5.69 Å². The molecule has 0 aliphatic carbocycles. The fourth-order valence-electron chi connectivity index (χ4n) is 2.95. The average Bonchev–Trinajstić information content (AvgIpc) is 3.06. The summed E-state index contributed by atoms with van der Waals surface area (Å²) in [6.07, 6.45) is 1.34. The molecule has 0 atom stereocenters.